The summed E-state index contributed by atoms with van der Waals surface area (Å²) < 4.78 is 0. The van der Waals surface area contributed by atoms with Crippen molar-refractivity contribution in [3.05, 3.63) is 23.8 Å². The number of aliphatic hydroxyl groups excluding tert-OH is 1. The van der Waals surface area contributed by atoms with Crippen LogP contribution in [0, 0.1) is 5.92 Å². The monoisotopic (exact) mass is 288 g/mol. The van der Waals surface area contributed by atoms with Crippen LogP contribution < -0.4 is 9.80 Å². The Balaban J connectivity index is 1.89. The average Bonchev–Trinajstić information content (AvgIpc) is 2.71. The zero-order valence-electron chi connectivity index (χ0n) is 13.0. The molecule has 3 unspecified atom stereocenters. The largest absolute Gasteiger partial charge is 0.378 e. The summed E-state index contributed by atoms with van der Waals surface area (Å²) in [5, 5.41) is 9.94. The van der Waals surface area contributed by atoms with Gasteiger partial charge in [-0.25, -0.2) is 0 Å². The molecule has 1 aliphatic carbocycles. The number of hydrogen-bond acceptors (Lipinski definition) is 3. The average molecular weight is 288 g/mol. The van der Waals surface area contributed by atoms with Gasteiger partial charge in [0.15, 0.2) is 6.10 Å². The molecule has 3 atom stereocenters. The van der Waals surface area contributed by atoms with Gasteiger partial charge < -0.3 is 14.9 Å². The normalized spacial score (nSPS) is 28.7. The van der Waals surface area contributed by atoms with Crippen molar-refractivity contribution in [2.75, 3.05) is 23.9 Å². The highest BCUT2D eigenvalue weighted by Gasteiger charge is 2.34. The summed E-state index contributed by atoms with van der Waals surface area (Å²) >= 11 is 0. The van der Waals surface area contributed by atoms with E-state index in [4.69, 9.17) is 0 Å². The lowest BCUT2D eigenvalue weighted by Gasteiger charge is -2.38. The number of amides is 1. The van der Waals surface area contributed by atoms with E-state index in [1.807, 2.05) is 18.2 Å². The lowest BCUT2D eigenvalue weighted by Crippen LogP contribution is -2.39. The molecule has 1 amide bonds. The molecule has 1 fully saturated rings. The van der Waals surface area contributed by atoms with E-state index in [0.717, 1.165) is 16.9 Å². The van der Waals surface area contributed by atoms with E-state index < -0.39 is 6.10 Å². The maximum absolute atomic E-state index is 11.9. The van der Waals surface area contributed by atoms with Crippen LogP contribution in [0.1, 0.15) is 44.3 Å². The third-order valence-electron chi connectivity index (χ3n) is 5.21. The highest BCUT2D eigenvalue weighted by atomic mass is 16.3. The van der Waals surface area contributed by atoms with Crippen molar-refractivity contribution < 1.29 is 9.90 Å². The van der Waals surface area contributed by atoms with Gasteiger partial charge in [-0.1, -0.05) is 25.8 Å². The Hall–Kier alpha value is -1.55. The van der Waals surface area contributed by atoms with Crippen LogP contribution in [0.3, 0.4) is 0 Å². The topological polar surface area (TPSA) is 43.8 Å². The number of carbonyl (C=O) groups excluding carboxylic acids is 1. The number of aliphatic hydroxyl groups is 1. The second-order valence-electron chi connectivity index (χ2n) is 6.48. The fourth-order valence-electron chi connectivity index (χ4n) is 3.77. The van der Waals surface area contributed by atoms with Crippen molar-refractivity contribution in [2.45, 2.75) is 44.8 Å². The summed E-state index contributed by atoms with van der Waals surface area (Å²) in [6, 6.07) is 6.51. The minimum absolute atomic E-state index is 0.240. The molecule has 1 heterocycles. The number of nitrogens with zero attached hydrogens (tertiary/aromatic N) is 2. The van der Waals surface area contributed by atoms with E-state index in [1.165, 1.54) is 25.7 Å². The van der Waals surface area contributed by atoms with Crippen LogP contribution in [-0.4, -0.2) is 31.2 Å². The minimum Gasteiger partial charge on any atom is -0.378 e. The fraction of sp³-hybridized carbons (Fsp3) is 0.588. The summed E-state index contributed by atoms with van der Waals surface area (Å²) in [7, 11) is 3.87. The molecule has 4 heteroatoms. The van der Waals surface area contributed by atoms with E-state index in [0.29, 0.717) is 12.0 Å². The Kier molecular flexibility index (Phi) is 3.66. The van der Waals surface area contributed by atoms with Gasteiger partial charge in [-0.15, -0.1) is 0 Å². The highest BCUT2D eigenvalue weighted by molar-refractivity contribution is 6.03. The Morgan fingerprint density at radius 2 is 2.00 bits per heavy atom. The van der Waals surface area contributed by atoms with Crippen LogP contribution in [0.4, 0.5) is 11.4 Å². The summed E-state index contributed by atoms with van der Waals surface area (Å²) in [6.07, 6.45) is 4.14. The summed E-state index contributed by atoms with van der Waals surface area (Å²) in [6.45, 7) is 2.33. The molecule has 0 saturated heterocycles. The molecule has 3 rings (SSSR count). The van der Waals surface area contributed by atoms with Crippen LogP contribution >= 0.6 is 0 Å². The van der Waals surface area contributed by atoms with Crippen molar-refractivity contribution in [3.63, 3.8) is 0 Å². The van der Waals surface area contributed by atoms with E-state index in [2.05, 4.69) is 18.9 Å². The molecule has 1 saturated carbocycles. The number of anilines is 2. The van der Waals surface area contributed by atoms with Gasteiger partial charge in [0.2, 0.25) is 0 Å². The van der Waals surface area contributed by atoms with E-state index in [-0.39, 0.29) is 5.91 Å². The van der Waals surface area contributed by atoms with Crippen molar-refractivity contribution >= 4 is 17.3 Å². The Morgan fingerprint density at radius 3 is 2.71 bits per heavy atom. The van der Waals surface area contributed by atoms with Crippen molar-refractivity contribution in [3.8, 4) is 0 Å². The number of carbonyl (C=O) groups is 1. The molecule has 21 heavy (non-hydrogen) atoms. The molecule has 114 valence electrons. The lowest BCUT2D eigenvalue weighted by molar-refractivity contribution is -0.125. The van der Waals surface area contributed by atoms with Crippen LogP contribution in [0.25, 0.3) is 0 Å². The van der Waals surface area contributed by atoms with Crippen molar-refractivity contribution in [1.29, 1.82) is 0 Å². The summed E-state index contributed by atoms with van der Waals surface area (Å²) in [5.41, 5.74) is 2.68. The van der Waals surface area contributed by atoms with Gasteiger partial charge in [0.1, 0.15) is 0 Å². The van der Waals surface area contributed by atoms with Crippen LogP contribution in [0.15, 0.2) is 18.2 Å². The molecule has 4 nitrogen and oxygen atoms in total. The molecule has 0 radical (unpaired) electrons. The maximum Gasteiger partial charge on any atom is 0.260 e. The van der Waals surface area contributed by atoms with E-state index in [9.17, 15) is 9.90 Å². The first-order valence-corrected chi connectivity index (χ1v) is 7.83. The third-order valence-corrected chi connectivity index (χ3v) is 5.21. The van der Waals surface area contributed by atoms with Gasteiger partial charge in [0.25, 0.3) is 5.91 Å². The first-order chi connectivity index (χ1) is 10.0. The van der Waals surface area contributed by atoms with Gasteiger partial charge in [0.05, 0.1) is 5.69 Å². The number of rotatable bonds is 2. The molecule has 1 aliphatic heterocycles. The van der Waals surface area contributed by atoms with Gasteiger partial charge in [0, 0.05) is 31.4 Å². The van der Waals surface area contributed by atoms with Gasteiger partial charge in [-0.05, 0) is 30.9 Å². The van der Waals surface area contributed by atoms with Crippen LogP contribution in [0.2, 0.25) is 0 Å². The molecule has 2 aliphatic rings. The predicted octanol–water partition coefficient (Wildman–Crippen LogP) is 2.71. The van der Waals surface area contributed by atoms with E-state index in [1.54, 1.807) is 11.9 Å². The molecule has 1 N–H and O–H groups in total. The molecule has 0 spiro atoms. The Morgan fingerprint density at radius 1 is 1.29 bits per heavy atom. The minimum atomic E-state index is -1.00. The molecular formula is C17H24N2O2. The summed E-state index contributed by atoms with van der Waals surface area (Å²) in [5.74, 6) is 0.456. The zero-order valence-corrected chi connectivity index (χ0v) is 13.0. The molecule has 1 aromatic rings. The number of fused-ring (bicyclic) bond motifs is 1. The van der Waals surface area contributed by atoms with Crippen molar-refractivity contribution in [1.82, 2.24) is 0 Å². The molecule has 0 bridgehead atoms. The fourth-order valence-corrected chi connectivity index (χ4v) is 3.77. The highest BCUT2D eigenvalue weighted by Crippen LogP contribution is 2.39. The van der Waals surface area contributed by atoms with Gasteiger partial charge in [-0.2, -0.15) is 0 Å². The molecular weight excluding hydrogens is 264 g/mol. The van der Waals surface area contributed by atoms with Crippen LogP contribution in [0.5, 0.6) is 0 Å². The molecule has 0 aromatic heterocycles. The zero-order chi connectivity index (χ0) is 15.1. The van der Waals surface area contributed by atoms with E-state index >= 15 is 0 Å². The van der Waals surface area contributed by atoms with Crippen LogP contribution in [-0.2, 0) is 4.79 Å². The lowest BCUT2D eigenvalue weighted by atomic mass is 9.85. The maximum atomic E-state index is 11.9. The second-order valence-corrected chi connectivity index (χ2v) is 6.48. The number of benzene rings is 1. The number of hydrogen-bond donors (Lipinski definition) is 1. The Bertz CT molecular complexity index is 558. The Labute approximate surface area is 126 Å². The molecule has 1 aromatic carbocycles. The van der Waals surface area contributed by atoms with Gasteiger partial charge in [-0.3, -0.25) is 4.79 Å². The predicted molar refractivity (Wildman–Crippen MR) is 84.6 cm³/mol. The van der Waals surface area contributed by atoms with Gasteiger partial charge >= 0.3 is 0 Å². The first kappa shape index (κ1) is 14.4. The third kappa shape index (κ3) is 2.31. The first-order valence-electron chi connectivity index (χ1n) is 7.83. The SMILES string of the molecule is CC1CCCCC1N(C)c1ccc2c(c1)N(C)C(=O)C2O. The second kappa shape index (κ2) is 5.34. The standard InChI is InChI=1S/C17H24N2O2/c1-11-6-4-5-7-14(11)18(2)12-8-9-13-15(10-12)19(3)17(21)16(13)20/h8-11,14,16,20H,4-7H2,1-3H3. The van der Waals surface area contributed by atoms with Crippen molar-refractivity contribution in [2.24, 2.45) is 5.92 Å². The number of likely N-dealkylation sites (N-methyl/N-ethyl adjacent to an activating group) is 1. The smallest absolute Gasteiger partial charge is 0.260 e. The summed E-state index contributed by atoms with van der Waals surface area (Å²) in [4.78, 5) is 15.8. The quantitative estimate of drug-likeness (QED) is 0.910.